The van der Waals surface area contributed by atoms with Gasteiger partial charge >= 0.3 is 6.03 Å². The number of benzene rings is 2. The van der Waals surface area contributed by atoms with E-state index in [0.29, 0.717) is 24.5 Å². The quantitative estimate of drug-likeness (QED) is 0.850. The first-order chi connectivity index (χ1) is 11.5. The van der Waals surface area contributed by atoms with Crippen molar-refractivity contribution < 1.29 is 23.0 Å². The lowest BCUT2D eigenvalue weighted by Gasteiger charge is -2.13. The second kappa shape index (κ2) is 8.14. The molecule has 2 aromatic rings. The molecule has 2 rings (SSSR count). The largest absolute Gasteiger partial charge is 0.493 e. The van der Waals surface area contributed by atoms with E-state index in [1.165, 1.54) is 6.07 Å². The van der Waals surface area contributed by atoms with Crippen LogP contribution in [0.2, 0.25) is 0 Å². The van der Waals surface area contributed by atoms with Gasteiger partial charge in [-0.1, -0.05) is 12.1 Å². The summed E-state index contributed by atoms with van der Waals surface area (Å²) in [5.74, 6) is -0.760. The lowest BCUT2D eigenvalue weighted by atomic mass is 10.1. The molecule has 0 spiro atoms. The summed E-state index contributed by atoms with van der Waals surface area (Å²) < 4.78 is 36.4. The minimum atomic E-state index is -1.02. The lowest BCUT2D eigenvalue weighted by molar-refractivity contribution is 0.252. The Morgan fingerprint density at radius 2 is 1.88 bits per heavy atom. The van der Waals surface area contributed by atoms with E-state index in [1.807, 2.05) is 12.1 Å². The van der Waals surface area contributed by atoms with Gasteiger partial charge in [0.1, 0.15) is 0 Å². The Bertz CT molecular complexity index is 723. The first kappa shape index (κ1) is 17.5. The molecule has 0 aromatic heterocycles. The van der Waals surface area contributed by atoms with E-state index in [0.717, 1.165) is 17.7 Å². The summed E-state index contributed by atoms with van der Waals surface area (Å²) in [6.45, 7) is 0.332. The van der Waals surface area contributed by atoms with Crippen LogP contribution in [0.25, 0.3) is 0 Å². The molecule has 2 aromatic carbocycles. The van der Waals surface area contributed by atoms with Crippen molar-refractivity contribution in [3.8, 4) is 11.5 Å². The van der Waals surface area contributed by atoms with E-state index >= 15 is 0 Å². The van der Waals surface area contributed by atoms with Gasteiger partial charge in [-0.25, -0.2) is 13.6 Å². The summed E-state index contributed by atoms with van der Waals surface area (Å²) in [7, 11) is 3.10. The number of nitrogens with one attached hydrogen (secondary N) is 2. The normalized spacial score (nSPS) is 10.2. The minimum absolute atomic E-state index is 0.172. The number of para-hydroxylation sites is 1. The van der Waals surface area contributed by atoms with Gasteiger partial charge in [0, 0.05) is 18.3 Å². The molecule has 5 nitrogen and oxygen atoms in total. The third-order valence-electron chi connectivity index (χ3n) is 3.34. The van der Waals surface area contributed by atoms with Crippen LogP contribution in [0, 0.1) is 11.6 Å². The summed E-state index contributed by atoms with van der Waals surface area (Å²) in [6.07, 6.45) is 0.519. The SMILES string of the molecule is COc1cccc(CCNC(=O)Nc2ccc(F)c(F)c2)c1OC. The van der Waals surface area contributed by atoms with Crippen LogP contribution in [0.15, 0.2) is 36.4 Å². The highest BCUT2D eigenvalue weighted by atomic mass is 19.2. The Morgan fingerprint density at radius 1 is 1.08 bits per heavy atom. The lowest BCUT2D eigenvalue weighted by Crippen LogP contribution is -2.30. The predicted molar refractivity (Wildman–Crippen MR) is 86.6 cm³/mol. The first-order valence-electron chi connectivity index (χ1n) is 7.25. The zero-order chi connectivity index (χ0) is 17.5. The summed E-state index contributed by atoms with van der Waals surface area (Å²) in [4.78, 5) is 11.8. The van der Waals surface area contributed by atoms with Crippen molar-refractivity contribution in [2.75, 3.05) is 26.1 Å². The highest BCUT2D eigenvalue weighted by Gasteiger charge is 2.10. The Kier molecular flexibility index (Phi) is 5.95. The molecule has 7 heteroatoms. The number of amides is 2. The summed E-state index contributed by atoms with van der Waals surface area (Å²) in [5.41, 5.74) is 1.05. The van der Waals surface area contributed by atoms with Crippen molar-refractivity contribution in [2.24, 2.45) is 0 Å². The number of hydrogen-bond donors (Lipinski definition) is 2. The highest BCUT2D eigenvalue weighted by Crippen LogP contribution is 2.30. The van der Waals surface area contributed by atoms with Gasteiger partial charge < -0.3 is 20.1 Å². The third-order valence-corrected chi connectivity index (χ3v) is 3.34. The second-order valence-corrected chi connectivity index (χ2v) is 4.91. The number of rotatable bonds is 6. The van der Waals surface area contributed by atoms with Crippen LogP contribution >= 0.6 is 0 Å². The molecule has 0 aliphatic rings. The topological polar surface area (TPSA) is 59.6 Å². The fourth-order valence-electron chi connectivity index (χ4n) is 2.21. The standard InChI is InChI=1S/C17H18F2N2O3/c1-23-15-5-3-4-11(16(15)24-2)8-9-20-17(22)21-12-6-7-13(18)14(19)10-12/h3-7,10H,8-9H2,1-2H3,(H2,20,21,22). The molecule has 0 saturated carbocycles. The van der Waals surface area contributed by atoms with Crippen LogP contribution in [-0.4, -0.2) is 26.8 Å². The molecule has 24 heavy (non-hydrogen) atoms. The van der Waals surface area contributed by atoms with Crippen molar-refractivity contribution in [1.82, 2.24) is 5.32 Å². The molecule has 128 valence electrons. The van der Waals surface area contributed by atoms with E-state index in [9.17, 15) is 13.6 Å². The molecular weight excluding hydrogens is 318 g/mol. The van der Waals surface area contributed by atoms with Crippen LogP contribution in [0.1, 0.15) is 5.56 Å². The number of ether oxygens (including phenoxy) is 2. The first-order valence-corrected chi connectivity index (χ1v) is 7.25. The van der Waals surface area contributed by atoms with Gasteiger partial charge in [0.25, 0.3) is 0 Å². The van der Waals surface area contributed by atoms with Gasteiger partial charge in [-0.15, -0.1) is 0 Å². The van der Waals surface area contributed by atoms with Crippen molar-refractivity contribution in [2.45, 2.75) is 6.42 Å². The minimum Gasteiger partial charge on any atom is -0.493 e. The third kappa shape index (κ3) is 4.34. The Labute approximate surface area is 138 Å². The summed E-state index contributed by atoms with van der Waals surface area (Å²) in [5, 5.41) is 5.07. The van der Waals surface area contributed by atoms with E-state index in [-0.39, 0.29) is 5.69 Å². The van der Waals surface area contributed by atoms with Crippen molar-refractivity contribution in [1.29, 1.82) is 0 Å². The Balaban J connectivity index is 1.90. The van der Waals surface area contributed by atoms with Crippen LogP contribution < -0.4 is 20.1 Å². The number of halogens is 2. The molecule has 0 saturated heterocycles. The number of methoxy groups -OCH3 is 2. The van der Waals surface area contributed by atoms with E-state index in [2.05, 4.69) is 10.6 Å². The molecule has 0 unspecified atom stereocenters. The van der Waals surface area contributed by atoms with E-state index in [1.54, 1.807) is 20.3 Å². The Hall–Kier alpha value is -2.83. The van der Waals surface area contributed by atoms with Crippen LogP contribution in [0.4, 0.5) is 19.3 Å². The second-order valence-electron chi connectivity index (χ2n) is 4.91. The monoisotopic (exact) mass is 336 g/mol. The molecule has 0 aliphatic heterocycles. The van der Waals surface area contributed by atoms with Gasteiger partial charge in [-0.2, -0.15) is 0 Å². The van der Waals surface area contributed by atoms with Gasteiger partial charge in [-0.3, -0.25) is 0 Å². The zero-order valence-corrected chi connectivity index (χ0v) is 13.4. The maximum absolute atomic E-state index is 13.1. The molecule has 0 aliphatic carbocycles. The number of hydrogen-bond acceptors (Lipinski definition) is 3. The number of carbonyl (C=O) groups is 1. The van der Waals surface area contributed by atoms with Crippen LogP contribution in [0.3, 0.4) is 0 Å². The molecule has 2 amide bonds. The van der Waals surface area contributed by atoms with Gasteiger partial charge in [0.05, 0.1) is 14.2 Å². The highest BCUT2D eigenvalue weighted by molar-refractivity contribution is 5.89. The molecule has 0 fully saturated rings. The fourth-order valence-corrected chi connectivity index (χ4v) is 2.21. The summed E-state index contributed by atoms with van der Waals surface area (Å²) >= 11 is 0. The molecule has 0 radical (unpaired) electrons. The van der Waals surface area contributed by atoms with Gasteiger partial charge in [0.15, 0.2) is 23.1 Å². The fraction of sp³-hybridized carbons (Fsp3) is 0.235. The summed E-state index contributed by atoms with van der Waals surface area (Å²) in [6, 6.07) is 8.12. The number of carbonyl (C=O) groups excluding carboxylic acids is 1. The van der Waals surface area contributed by atoms with Crippen molar-refractivity contribution in [3.05, 3.63) is 53.6 Å². The molecule has 0 atom stereocenters. The van der Waals surface area contributed by atoms with E-state index in [4.69, 9.17) is 9.47 Å². The van der Waals surface area contributed by atoms with Crippen LogP contribution in [-0.2, 0) is 6.42 Å². The zero-order valence-electron chi connectivity index (χ0n) is 13.4. The average molecular weight is 336 g/mol. The predicted octanol–water partition coefficient (Wildman–Crippen LogP) is 3.35. The average Bonchev–Trinajstić information content (AvgIpc) is 2.57. The van der Waals surface area contributed by atoms with Crippen LogP contribution in [0.5, 0.6) is 11.5 Å². The maximum Gasteiger partial charge on any atom is 0.319 e. The van der Waals surface area contributed by atoms with Gasteiger partial charge in [0.2, 0.25) is 0 Å². The molecule has 2 N–H and O–H groups in total. The van der Waals surface area contributed by atoms with Crippen molar-refractivity contribution >= 4 is 11.7 Å². The Morgan fingerprint density at radius 3 is 2.54 bits per heavy atom. The molecular formula is C17H18F2N2O3. The molecule has 0 heterocycles. The van der Waals surface area contributed by atoms with Crippen molar-refractivity contribution in [3.63, 3.8) is 0 Å². The number of anilines is 1. The van der Waals surface area contributed by atoms with Gasteiger partial charge in [-0.05, 0) is 30.2 Å². The maximum atomic E-state index is 13.1. The molecule has 0 bridgehead atoms. The smallest absolute Gasteiger partial charge is 0.319 e. The van der Waals surface area contributed by atoms with E-state index < -0.39 is 17.7 Å². The number of urea groups is 1.